The Morgan fingerprint density at radius 3 is 2.55 bits per heavy atom. The number of benzene rings is 2. The van der Waals surface area contributed by atoms with Crippen molar-refractivity contribution in [1.82, 2.24) is 9.47 Å². The van der Waals surface area contributed by atoms with Crippen molar-refractivity contribution >= 4 is 39.8 Å². The van der Waals surface area contributed by atoms with E-state index in [2.05, 4.69) is 5.32 Å². The molecule has 33 heavy (non-hydrogen) atoms. The molecule has 0 fully saturated rings. The summed E-state index contributed by atoms with van der Waals surface area (Å²) in [5.74, 6) is -3.16. The number of nitrogens with two attached hydrogens (primary N) is 1. The Morgan fingerprint density at radius 1 is 1.24 bits per heavy atom. The molecule has 0 unspecified atom stereocenters. The van der Waals surface area contributed by atoms with Crippen LogP contribution in [0.3, 0.4) is 0 Å². The lowest BCUT2D eigenvalue weighted by atomic mass is 10.1. The minimum absolute atomic E-state index is 0.0103. The summed E-state index contributed by atoms with van der Waals surface area (Å²) in [5, 5.41) is 21.7. The van der Waals surface area contributed by atoms with Crippen LogP contribution in [0.4, 0.5) is 20.2 Å². The Kier molecular flexibility index (Phi) is 7.21. The second-order valence-electron chi connectivity index (χ2n) is 7.73. The van der Waals surface area contributed by atoms with Crippen LogP contribution in [0, 0.1) is 11.6 Å². The Labute approximate surface area is 192 Å². The summed E-state index contributed by atoms with van der Waals surface area (Å²) >= 11 is 6.53. The number of halogens is 3. The molecule has 0 saturated carbocycles. The standard InChI is InChI=1S/C22H23ClF2N4O4/c1-28(2)5-3-4-27-19-15(25)7-12-20(18(19)23)29(9-13(21(12)31)22(32)33)17-8-16(26)14(24)6-11(17)10-30/h6-9,27,30H,3-5,10,26H2,1-2H3,(H,32,33). The zero-order chi connectivity index (χ0) is 24.4. The fourth-order valence-corrected chi connectivity index (χ4v) is 3.85. The average Bonchev–Trinajstić information content (AvgIpc) is 2.75. The smallest absolute Gasteiger partial charge is 0.341 e. The van der Waals surface area contributed by atoms with Gasteiger partial charge in [0.05, 0.1) is 39.6 Å². The molecular weight excluding hydrogens is 458 g/mol. The number of nitrogens with one attached hydrogen (secondary N) is 1. The van der Waals surface area contributed by atoms with Gasteiger partial charge >= 0.3 is 5.97 Å². The monoisotopic (exact) mass is 480 g/mol. The number of hydrogen-bond acceptors (Lipinski definition) is 6. The van der Waals surface area contributed by atoms with Crippen molar-refractivity contribution in [3.8, 4) is 5.69 Å². The lowest BCUT2D eigenvalue weighted by Gasteiger charge is -2.19. The fraction of sp³-hybridized carbons (Fsp3) is 0.273. The van der Waals surface area contributed by atoms with Gasteiger partial charge in [-0.2, -0.15) is 0 Å². The second kappa shape index (κ2) is 9.74. The van der Waals surface area contributed by atoms with E-state index in [1.807, 2.05) is 19.0 Å². The van der Waals surface area contributed by atoms with E-state index in [1.54, 1.807) is 0 Å². The van der Waals surface area contributed by atoms with Crippen LogP contribution < -0.4 is 16.5 Å². The predicted octanol–water partition coefficient (Wildman–Crippen LogP) is 3.06. The number of carbonyl (C=O) groups is 1. The Hall–Kier alpha value is -3.21. The van der Waals surface area contributed by atoms with Crippen LogP contribution in [0.2, 0.25) is 5.02 Å². The quantitative estimate of drug-likeness (QED) is 0.289. The number of aliphatic hydroxyl groups is 1. The predicted molar refractivity (Wildman–Crippen MR) is 123 cm³/mol. The molecule has 0 spiro atoms. The SMILES string of the molecule is CN(C)CCCNc1c(F)cc2c(=O)c(C(=O)O)cn(-c3cc(N)c(F)cc3CO)c2c1Cl. The van der Waals surface area contributed by atoms with Crippen LogP contribution in [-0.4, -0.2) is 52.8 Å². The highest BCUT2D eigenvalue weighted by atomic mass is 35.5. The first-order chi connectivity index (χ1) is 15.6. The van der Waals surface area contributed by atoms with Crippen LogP contribution in [0.15, 0.2) is 29.2 Å². The second-order valence-corrected chi connectivity index (χ2v) is 8.11. The summed E-state index contributed by atoms with van der Waals surface area (Å²) in [7, 11) is 3.80. The van der Waals surface area contributed by atoms with Gasteiger partial charge in [-0.05, 0) is 45.3 Å². The summed E-state index contributed by atoms with van der Waals surface area (Å²) in [4.78, 5) is 26.5. The molecule has 0 atom stereocenters. The summed E-state index contributed by atoms with van der Waals surface area (Å²) < 4.78 is 30.1. The number of nitrogen functional groups attached to an aromatic ring is 1. The van der Waals surface area contributed by atoms with Crippen molar-refractivity contribution in [2.75, 3.05) is 38.2 Å². The number of fused-ring (bicyclic) bond motifs is 1. The van der Waals surface area contributed by atoms with E-state index in [-0.39, 0.29) is 38.6 Å². The van der Waals surface area contributed by atoms with Crippen LogP contribution in [0.1, 0.15) is 22.3 Å². The molecule has 2 aromatic carbocycles. The molecule has 11 heteroatoms. The third-order valence-electron chi connectivity index (χ3n) is 5.12. The number of carboxylic acids is 1. The van der Waals surface area contributed by atoms with Gasteiger partial charge < -0.3 is 30.7 Å². The molecular formula is C22H23ClF2N4O4. The van der Waals surface area contributed by atoms with Crippen molar-refractivity contribution in [2.24, 2.45) is 0 Å². The Morgan fingerprint density at radius 2 is 1.94 bits per heavy atom. The van der Waals surface area contributed by atoms with Crippen LogP contribution in [0.5, 0.6) is 0 Å². The highest BCUT2D eigenvalue weighted by molar-refractivity contribution is 6.38. The van der Waals surface area contributed by atoms with Crippen molar-refractivity contribution in [3.63, 3.8) is 0 Å². The highest BCUT2D eigenvalue weighted by Gasteiger charge is 2.23. The highest BCUT2D eigenvalue weighted by Crippen LogP contribution is 2.35. The maximum absolute atomic E-state index is 14.9. The van der Waals surface area contributed by atoms with Gasteiger partial charge in [-0.25, -0.2) is 13.6 Å². The van der Waals surface area contributed by atoms with Crippen LogP contribution in [-0.2, 0) is 6.61 Å². The number of aromatic nitrogens is 1. The Balaban J connectivity index is 2.33. The zero-order valence-corrected chi connectivity index (χ0v) is 18.7. The number of aromatic carboxylic acids is 1. The van der Waals surface area contributed by atoms with Crippen molar-refractivity contribution in [1.29, 1.82) is 0 Å². The molecule has 8 nitrogen and oxygen atoms in total. The topological polar surface area (TPSA) is 121 Å². The van der Waals surface area contributed by atoms with Gasteiger partial charge in [0.15, 0.2) is 0 Å². The summed E-state index contributed by atoms with van der Waals surface area (Å²) in [6.07, 6.45) is 1.67. The first-order valence-corrected chi connectivity index (χ1v) is 10.3. The third kappa shape index (κ3) is 4.77. The van der Waals surface area contributed by atoms with Gasteiger partial charge in [0.2, 0.25) is 5.43 Å². The molecule has 1 aromatic heterocycles. The summed E-state index contributed by atoms with van der Waals surface area (Å²) in [6.45, 7) is 0.501. The molecule has 0 bridgehead atoms. The average molecular weight is 481 g/mol. The van der Waals surface area contributed by atoms with Crippen molar-refractivity contribution in [3.05, 3.63) is 62.4 Å². The number of hydrogen-bond donors (Lipinski definition) is 4. The molecule has 3 rings (SSSR count). The maximum Gasteiger partial charge on any atom is 0.341 e. The van der Waals surface area contributed by atoms with E-state index < -0.39 is 35.2 Å². The molecule has 0 amide bonds. The van der Waals surface area contributed by atoms with Crippen LogP contribution >= 0.6 is 11.6 Å². The van der Waals surface area contributed by atoms with Gasteiger partial charge in [-0.3, -0.25) is 4.79 Å². The molecule has 176 valence electrons. The Bertz CT molecular complexity index is 1290. The van der Waals surface area contributed by atoms with Gasteiger partial charge in [0.25, 0.3) is 0 Å². The molecule has 3 aromatic rings. The van der Waals surface area contributed by atoms with E-state index >= 15 is 0 Å². The van der Waals surface area contributed by atoms with Gasteiger partial charge in [-0.15, -0.1) is 0 Å². The van der Waals surface area contributed by atoms with Crippen molar-refractivity contribution < 1.29 is 23.8 Å². The number of nitrogens with zero attached hydrogens (tertiary/aromatic N) is 2. The maximum atomic E-state index is 14.9. The molecule has 0 aliphatic rings. The fourth-order valence-electron chi connectivity index (χ4n) is 3.50. The normalized spacial score (nSPS) is 11.4. The van der Waals surface area contributed by atoms with E-state index in [4.69, 9.17) is 17.3 Å². The van der Waals surface area contributed by atoms with Crippen molar-refractivity contribution in [2.45, 2.75) is 13.0 Å². The molecule has 0 saturated heterocycles. The lowest BCUT2D eigenvalue weighted by molar-refractivity contribution is 0.0695. The number of anilines is 2. The first kappa shape index (κ1) is 24.4. The van der Waals surface area contributed by atoms with Gasteiger partial charge in [0, 0.05) is 18.3 Å². The molecule has 0 radical (unpaired) electrons. The number of rotatable bonds is 8. The molecule has 0 aliphatic carbocycles. The molecule has 0 aliphatic heterocycles. The summed E-state index contributed by atoms with van der Waals surface area (Å²) in [5.41, 5.74) is 3.90. The number of aliphatic hydroxyl groups excluding tert-OH is 1. The zero-order valence-electron chi connectivity index (χ0n) is 18.0. The lowest BCUT2D eigenvalue weighted by Crippen LogP contribution is -2.20. The van der Waals surface area contributed by atoms with Gasteiger partial charge in [0.1, 0.15) is 17.2 Å². The molecule has 5 N–H and O–H groups in total. The van der Waals surface area contributed by atoms with E-state index in [0.29, 0.717) is 13.0 Å². The number of pyridine rings is 1. The number of carboxylic acid groups (broad SMARTS) is 1. The minimum Gasteiger partial charge on any atom is -0.477 e. The van der Waals surface area contributed by atoms with E-state index in [1.165, 1.54) is 10.6 Å². The van der Waals surface area contributed by atoms with E-state index in [9.17, 15) is 28.6 Å². The van der Waals surface area contributed by atoms with Gasteiger partial charge in [-0.1, -0.05) is 11.6 Å². The molecule has 1 heterocycles. The van der Waals surface area contributed by atoms with Crippen LogP contribution in [0.25, 0.3) is 16.6 Å². The first-order valence-electron chi connectivity index (χ1n) is 9.95. The minimum atomic E-state index is -1.54. The van der Waals surface area contributed by atoms with E-state index in [0.717, 1.165) is 24.9 Å². The summed E-state index contributed by atoms with van der Waals surface area (Å²) in [6, 6.07) is 3.08. The third-order valence-corrected chi connectivity index (χ3v) is 5.49. The largest absolute Gasteiger partial charge is 0.477 e.